The van der Waals surface area contributed by atoms with E-state index in [9.17, 15) is 4.79 Å². The third-order valence-electron chi connectivity index (χ3n) is 1.14. The fourth-order valence-corrected chi connectivity index (χ4v) is 0.422. The molecular formula is C7H12O4. The Kier molecular flexibility index (Phi) is 5.42. The summed E-state index contributed by atoms with van der Waals surface area (Å²) in [6.07, 6.45) is 1.03. The van der Waals surface area contributed by atoms with E-state index in [2.05, 4.69) is 11.3 Å². The van der Waals surface area contributed by atoms with Crippen molar-refractivity contribution in [3.8, 4) is 0 Å². The molecule has 0 aromatic heterocycles. The monoisotopic (exact) mass is 160 g/mol. The van der Waals surface area contributed by atoms with Gasteiger partial charge < -0.3 is 14.9 Å². The predicted molar refractivity (Wildman–Crippen MR) is 38.8 cm³/mol. The molecule has 0 unspecified atom stereocenters. The largest absolute Gasteiger partial charge is 0.462 e. The quantitative estimate of drug-likeness (QED) is 0.413. The lowest BCUT2D eigenvalue weighted by molar-refractivity contribution is -0.139. The number of aliphatic hydroxyl groups is 2. The fraction of sp³-hybridized carbons (Fsp3) is 0.571. The molecule has 64 valence electrons. The highest BCUT2D eigenvalue weighted by atomic mass is 16.5. The summed E-state index contributed by atoms with van der Waals surface area (Å²) in [5.74, 6) is -0.934. The molecule has 0 spiro atoms. The lowest BCUT2D eigenvalue weighted by Crippen LogP contribution is -2.19. The molecule has 11 heavy (non-hydrogen) atoms. The minimum atomic E-state index is -0.545. The molecule has 4 nitrogen and oxygen atoms in total. The Morgan fingerprint density at radius 1 is 1.55 bits per heavy atom. The molecule has 0 aromatic rings. The predicted octanol–water partition coefficient (Wildman–Crippen LogP) is -0.684. The Hall–Kier alpha value is -0.870. The Bertz CT molecular complexity index is 128. The SMILES string of the molecule is C=CC(=O)OCC(CO)CO. The van der Waals surface area contributed by atoms with Gasteiger partial charge in [0, 0.05) is 12.0 Å². The third-order valence-corrected chi connectivity index (χ3v) is 1.14. The number of esters is 1. The van der Waals surface area contributed by atoms with Crippen molar-refractivity contribution in [1.29, 1.82) is 0 Å². The molecule has 0 fully saturated rings. The van der Waals surface area contributed by atoms with Gasteiger partial charge in [-0.05, 0) is 0 Å². The Morgan fingerprint density at radius 3 is 2.45 bits per heavy atom. The van der Waals surface area contributed by atoms with E-state index in [0.717, 1.165) is 6.08 Å². The average Bonchev–Trinajstić information content (AvgIpc) is 2.06. The van der Waals surface area contributed by atoms with Crippen LogP contribution in [0.1, 0.15) is 0 Å². The summed E-state index contributed by atoms with van der Waals surface area (Å²) in [5, 5.41) is 17.1. The Labute approximate surface area is 65.1 Å². The molecule has 0 radical (unpaired) electrons. The lowest BCUT2D eigenvalue weighted by Gasteiger charge is -2.09. The topological polar surface area (TPSA) is 66.8 Å². The van der Waals surface area contributed by atoms with Crippen molar-refractivity contribution >= 4 is 5.97 Å². The maximum atomic E-state index is 10.4. The normalized spacial score (nSPS) is 9.73. The standard InChI is InChI=1S/C7H12O4/c1-2-7(10)11-5-6(3-8)4-9/h2,6,8-9H,1,3-5H2. The highest BCUT2D eigenvalue weighted by Crippen LogP contribution is 1.94. The van der Waals surface area contributed by atoms with Gasteiger partial charge in [-0.3, -0.25) is 0 Å². The van der Waals surface area contributed by atoms with Crippen LogP contribution in [0.15, 0.2) is 12.7 Å². The van der Waals surface area contributed by atoms with Crippen LogP contribution >= 0.6 is 0 Å². The van der Waals surface area contributed by atoms with Crippen LogP contribution in [0.5, 0.6) is 0 Å². The van der Waals surface area contributed by atoms with E-state index in [1.165, 1.54) is 0 Å². The van der Waals surface area contributed by atoms with Crippen LogP contribution in [-0.2, 0) is 9.53 Å². The smallest absolute Gasteiger partial charge is 0.330 e. The molecule has 2 N–H and O–H groups in total. The van der Waals surface area contributed by atoms with Gasteiger partial charge in [-0.2, -0.15) is 0 Å². The van der Waals surface area contributed by atoms with Crippen LogP contribution in [-0.4, -0.2) is 36.0 Å². The summed E-state index contributed by atoms with van der Waals surface area (Å²) in [6.45, 7) is 2.83. The molecule has 0 heterocycles. The van der Waals surface area contributed by atoms with Crippen LogP contribution in [0.4, 0.5) is 0 Å². The second-order valence-electron chi connectivity index (χ2n) is 2.07. The maximum Gasteiger partial charge on any atom is 0.330 e. The van der Waals surface area contributed by atoms with Gasteiger partial charge in [0.1, 0.15) is 0 Å². The maximum absolute atomic E-state index is 10.4. The zero-order valence-corrected chi connectivity index (χ0v) is 6.19. The Balaban J connectivity index is 3.49. The number of carbonyl (C=O) groups excluding carboxylic acids is 1. The summed E-state index contributed by atoms with van der Waals surface area (Å²) in [7, 11) is 0. The van der Waals surface area contributed by atoms with Crippen LogP contribution in [0.25, 0.3) is 0 Å². The van der Waals surface area contributed by atoms with Gasteiger partial charge >= 0.3 is 5.97 Å². The van der Waals surface area contributed by atoms with Gasteiger partial charge in [0.05, 0.1) is 19.8 Å². The summed E-state index contributed by atoms with van der Waals surface area (Å²) in [5.41, 5.74) is 0. The number of hydrogen-bond acceptors (Lipinski definition) is 4. The van der Waals surface area contributed by atoms with Crippen LogP contribution < -0.4 is 0 Å². The minimum Gasteiger partial charge on any atom is -0.462 e. The minimum absolute atomic E-state index is 0.0256. The molecule has 0 aliphatic carbocycles. The summed E-state index contributed by atoms with van der Waals surface area (Å²) in [4.78, 5) is 10.4. The fourth-order valence-electron chi connectivity index (χ4n) is 0.422. The van der Waals surface area contributed by atoms with E-state index in [0.29, 0.717) is 0 Å². The van der Waals surface area contributed by atoms with E-state index < -0.39 is 5.97 Å². The highest BCUT2D eigenvalue weighted by molar-refractivity contribution is 5.81. The van der Waals surface area contributed by atoms with Crippen molar-refractivity contribution in [3.05, 3.63) is 12.7 Å². The first-order valence-electron chi connectivity index (χ1n) is 3.25. The molecule has 0 amide bonds. The van der Waals surface area contributed by atoms with E-state index in [4.69, 9.17) is 10.2 Å². The lowest BCUT2D eigenvalue weighted by atomic mass is 10.2. The van der Waals surface area contributed by atoms with E-state index >= 15 is 0 Å². The number of carbonyl (C=O) groups is 1. The van der Waals surface area contributed by atoms with Crippen LogP contribution in [0.2, 0.25) is 0 Å². The molecule has 4 heteroatoms. The van der Waals surface area contributed by atoms with E-state index in [1.807, 2.05) is 0 Å². The molecule has 0 saturated heterocycles. The first-order valence-corrected chi connectivity index (χ1v) is 3.25. The molecule has 0 aromatic carbocycles. The van der Waals surface area contributed by atoms with Crippen molar-refractivity contribution in [2.75, 3.05) is 19.8 Å². The number of ether oxygens (including phenoxy) is 1. The second-order valence-corrected chi connectivity index (χ2v) is 2.07. The summed E-state index contributed by atoms with van der Waals surface area (Å²) < 4.78 is 4.56. The third kappa shape index (κ3) is 4.52. The van der Waals surface area contributed by atoms with Gasteiger partial charge in [-0.1, -0.05) is 6.58 Å². The van der Waals surface area contributed by atoms with Gasteiger partial charge in [-0.15, -0.1) is 0 Å². The van der Waals surface area contributed by atoms with Crippen molar-refractivity contribution in [3.63, 3.8) is 0 Å². The average molecular weight is 160 g/mol. The molecule has 0 aliphatic rings. The van der Waals surface area contributed by atoms with Crippen LogP contribution in [0.3, 0.4) is 0 Å². The summed E-state index contributed by atoms with van der Waals surface area (Å²) >= 11 is 0. The molecule has 0 atom stereocenters. The van der Waals surface area contributed by atoms with Crippen LogP contribution in [0, 0.1) is 5.92 Å². The van der Waals surface area contributed by atoms with E-state index in [1.54, 1.807) is 0 Å². The van der Waals surface area contributed by atoms with Crippen molar-refractivity contribution in [1.82, 2.24) is 0 Å². The molecular weight excluding hydrogens is 148 g/mol. The first-order chi connectivity index (χ1) is 5.24. The van der Waals surface area contributed by atoms with Crippen molar-refractivity contribution in [2.24, 2.45) is 5.92 Å². The number of hydrogen-bond donors (Lipinski definition) is 2. The van der Waals surface area contributed by atoms with Crippen molar-refractivity contribution in [2.45, 2.75) is 0 Å². The Morgan fingerprint density at radius 2 is 2.09 bits per heavy atom. The number of aliphatic hydroxyl groups excluding tert-OH is 2. The highest BCUT2D eigenvalue weighted by Gasteiger charge is 2.07. The molecule has 0 rings (SSSR count). The van der Waals surface area contributed by atoms with Gasteiger partial charge in [-0.25, -0.2) is 4.79 Å². The summed E-state index contributed by atoms with van der Waals surface area (Å²) in [6, 6.07) is 0. The van der Waals surface area contributed by atoms with Gasteiger partial charge in [0.15, 0.2) is 0 Å². The zero-order valence-electron chi connectivity index (χ0n) is 6.19. The zero-order chi connectivity index (χ0) is 8.69. The number of rotatable bonds is 5. The van der Waals surface area contributed by atoms with Gasteiger partial charge in [0.25, 0.3) is 0 Å². The second kappa shape index (κ2) is 5.88. The van der Waals surface area contributed by atoms with E-state index in [-0.39, 0.29) is 25.7 Å². The molecule has 0 bridgehead atoms. The molecule has 0 aliphatic heterocycles. The van der Waals surface area contributed by atoms with Crippen molar-refractivity contribution < 1.29 is 19.7 Å². The first kappa shape index (κ1) is 10.1. The molecule has 0 saturated carbocycles. The van der Waals surface area contributed by atoms with Gasteiger partial charge in [0.2, 0.25) is 0 Å².